The lowest BCUT2D eigenvalue weighted by Crippen LogP contribution is -2.38. The Hall–Kier alpha value is -2.94. The lowest BCUT2D eigenvalue weighted by atomic mass is 10.1. The maximum Gasteiger partial charge on any atom is 0.223 e. The Labute approximate surface area is 156 Å². The van der Waals surface area contributed by atoms with Crippen molar-refractivity contribution in [3.8, 4) is 0 Å². The number of hydrogen-bond donors (Lipinski definition) is 1. The zero-order chi connectivity index (χ0) is 18.8. The van der Waals surface area contributed by atoms with Crippen LogP contribution in [0.1, 0.15) is 36.0 Å². The van der Waals surface area contributed by atoms with Gasteiger partial charge in [-0.05, 0) is 24.6 Å². The summed E-state index contributed by atoms with van der Waals surface area (Å²) in [4.78, 5) is 14.4. The second-order valence-corrected chi connectivity index (χ2v) is 6.75. The highest BCUT2D eigenvalue weighted by molar-refractivity contribution is 5.76. The smallest absolute Gasteiger partial charge is 0.223 e. The molecule has 0 bridgehead atoms. The summed E-state index contributed by atoms with van der Waals surface area (Å²) in [7, 11) is 1.79. The fourth-order valence-corrected chi connectivity index (χ4v) is 3.42. The predicted octanol–water partition coefficient (Wildman–Crippen LogP) is 0.717. The molecule has 0 fully saturated rings. The highest BCUT2D eigenvalue weighted by Crippen LogP contribution is 2.23. The van der Waals surface area contributed by atoms with Gasteiger partial charge in [0, 0.05) is 45.1 Å². The third kappa shape index (κ3) is 3.63. The van der Waals surface area contributed by atoms with Crippen LogP contribution in [-0.2, 0) is 31.5 Å². The summed E-state index contributed by atoms with van der Waals surface area (Å²) in [5.41, 5.74) is 2.22. The number of amides is 1. The van der Waals surface area contributed by atoms with Crippen LogP contribution in [0.25, 0.3) is 0 Å². The van der Waals surface area contributed by atoms with Crippen molar-refractivity contribution in [2.24, 2.45) is 7.05 Å². The third-order valence-corrected chi connectivity index (χ3v) is 4.93. The number of nitrogens with zero attached hydrogens (tertiary/aromatic N) is 7. The Morgan fingerprint density at radius 1 is 1.30 bits per heavy atom. The normalized spacial score (nSPS) is 15.0. The van der Waals surface area contributed by atoms with Crippen molar-refractivity contribution in [3.63, 3.8) is 0 Å². The molecule has 0 saturated heterocycles. The molecule has 3 aromatic heterocycles. The number of aromatic nitrogens is 6. The Morgan fingerprint density at radius 2 is 2.19 bits per heavy atom. The maximum absolute atomic E-state index is 12.5. The van der Waals surface area contributed by atoms with E-state index in [0.29, 0.717) is 37.4 Å². The lowest BCUT2D eigenvalue weighted by molar-refractivity contribution is -0.132. The molecule has 0 saturated carbocycles. The fraction of sp³-hybridized carbons (Fsp3) is 0.444. The van der Waals surface area contributed by atoms with Crippen LogP contribution in [0.3, 0.4) is 0 Å². The number of aryl methyl sites for hydroxylation is 2. The molecular weight excluding hydrogens is 346 g/mol. The zero-order valence-corrected chi connectivity index (χ0v) is 15.3. The van der Waals surface area contributed by atoms with E-state index in [-0.39, 0.29) is 5.91 Å². The molecule has 0 radical (unpaired) electrons. The Kier molecular flexibility index (Phi) is 4.76. The first-order chi connectivity index (χ1) is 13.1. The first-order valence-electron chi connectivity index (χ1n) is 9.09. The summed E-state index contributed by atoms with van der Waals surface area (Å²) < 4.78 is 5.35. The zero-order valence-electron chi connectivity index (χ0n) is 15.3. The highest BCUT2D eigenvalue weighted by atomic mass is 16.3. The van der Waals surface area contributed by atoms with Crippen molar-refractivity contribution < 1.29 is 9.90 Å². The van der Waals surface area contributed by atoms with Crippen LogP contribution >= 0.6 is 0 Å². The minimum Gasteiger partial charge on any atom is -0.380 e. The van der Waals surface area contributed by atoms with Gasteiger partial charge in [-0.25, -0.2) is 0 Å². The van der Waals surface area contributed by atoms with Gasteiger partial charge >= 0.3 is 0 Å². The standard InChI is InChI=1S/C18H23N7O2/c1-22-16(5-7-19-22)18(27)15-12-14-13-23(10-11-25(14)21-15)17(26)4-2-8-24-9-3-6-20-24/h3,5-7,9,12,18,27H,2,4,8,10-11,13H2,1H3/t18-/m0/s1. The molecule has 142 valence electrons. The van der Waals surface area contributed by atoms with Gasteiger partial charge in [-0.15, -0.1) is 0 Å². The molecule has 1 N–H and O–H groups in total. The summed E-state index contributed by atoms with van der Waals surface area (Å²) in [5, 5.41) is 23.3. The number of carbonyl (C=O) groups excluding carboxylic acids is 1. The molecule has 4 rings (SSSR count). The van der Waals surface area contributed by atoms with Gasteiger partial charge in [-0.2, -0.15) is 15.3 Å². The molecule has 9 heteroatoms. The predicted molar refractivity (Wildman–Crippen MR) is 96.4 cm³/mol. The van der Waals surface area contributed by atoms with Gasteiger partial charge in [-0.3, -0.25) is 18.8 Å². The summed E-state index contributed by atoms with van der Waals surface area (Å²) in [6.45, 7) is 2.53. The van der Waals surface area contributed by atoms with E-state index in [0.717, 1.165) is 18.7 Å². The second kappa shape index (κ2) is 7.36. The fourth-order valence-electron chi connectivity index (χ4n) is 3.42. The van der Waals surface area contributed by atoms with Gasteiger partial charge in [0.05, 0.1) is 30.2 Å². The molecule has 0 aliphatic carbocycles. The number of aliphatic hydroxyl groups is 1. The number of fused-ring (bicyclic) bond motifs is 1. The van der Waals surface area contributed by atoms with Crippen molar-refractivity contribution in [3.05, 3.63) is 53.9 Å². The van der Waals surface area contributed by atoms with Gasteiger partial charge in [0.1, 0.15) is 6.10 Å². The van der Waals surface area contributed by atoms with Crippen molar-refractivity contribution in [2.75, 3.05) is 6.54 Å². The summed E-state index contributed by atoms with van der Waals surface area (Å²) in [5.74, 6) is 0.142. The van der Waals surface area contributed by atoms with Crippen LogP contribution in [0.5, 0.6) is 0 Å². The van der Waals surface area contributed by atoms with Crippen molar-refractivity contribution >= 4 is 5.91 Å². The van der Waals surface area contributed by atoms with Crippen LogP contribution < -0.4 is 0 Å². The molecule has 0 spiro atoms. The molecule has 27 heavy (non-hydrogen) atoms. The van der Waals surface area contributed by atoms with Gasteiger partial charge in [0.2, 0.25) is 5.91 Å². The van der Waals surface area contributed by atoms with Crippen LogP contribution in [0.15, 0.2) is 36.8 Å². The SMILES string of the molecule is Cn1nccc1[C@@H](O)c1cc2n(n1)CCN(C(=O)CCCn1cccn1)C2. The number of hydrogen-bond acceptors (Lipinski definition) is 5. The molecule has 1 aliphatic heterocycles. The third-order valence-electron chi connectivity index (χ3n) is 4.93. The number of rotatable bonds is 6. The van der Waals surface area contributed by atoms with Gasteiger partial charge in [-0.1, -0.05) is 0 Å². The first-order valence-corrected chi connectivity index (χ1v) is 9.09. The monoisotopic (exact) mass is 369 g/mol. The molecule has 3 aromatic rings. The van der Waals surface area contributed by atoms with E-state index in [4.69, 9.17) is 0 Å². The molecule has 9 nitrogen and oxygen atoms in total. The van der Waals surface area contributed by atoms with Crippen molar-refractivity contribution in [1.29, 1.82) is 0 Å². The average Bonchev–Trinajstić information content (AvgIpc) is 3.40. The quantitative estimate of drug-likeness (QED) is 0.691. The summed E-state index contributed by atoms with van der Waals surface area (Å²) >= 11 is 0. The van der Waals surface area contributed by atoms with E-state index in [1.54, 1.807) is 30.2 Å². The van der Waals surface area contributed by atoms with Crippen molar-refractivity contribution in [1.82, 2.24) is 34.2 Å². The van der Waals surface area contributed by atoms with Crippen molar-refractivity contribution in [2.45, 2.75) is 38.6 Å². The molecule has 1 aliphatic rings. The molecule has 1 atom stereocenters. The minimum absolute atomic E-state index is 0.142. The van der Waals surface area contributed by atoms with Crippen LogP contribution in [0.2, 0.25) is 0 Å². The van der Waals surface area contributed by atoms with Crippen LogP contribution in [0, 0.1) is 0 Å². The van der Waals surface area contributed by atoms with Gasteiger partial charge < -0.3 is 10.0 Å². The molecule has 1 amide bonds. The molecule has 4 heterocycles. The van der Waals surface area contributed by atoms with E-state index < -0.39 is 6.10 Å². The topological polar surface area (TPSA) is 94.0 Å². The van der Waals surface area contributed by atoms with Crippen LogP contribution in [0.4, 0.5) is 0 Å². The molecule has 0 unspecified atom stereocenters. The van der Waals surface area contributed by atoms with E-state index in [1.807, 2.05) is 32.6 Å². The average molecular weight is 369 g/mol. The van der Waals surface area contributed by atoms with E-state index >= 15 is 0 Å². The minimum atomic E-state index is -0.825. The summed E-state index contributed by atoms with van der Waals surface area (Å²) in [6.07, 6.45) is 5.73. The number of carbonyl (C=O) groups is 1. The van der Waals surface area contributed by atoms with Crippen LogP contribution in [-0.4, -0.2) is 51.8 Å². The number of aliphatic hydroxyl groups excluding tert-OH is 1. The Bertz CT molecular complexity index is 912. The molecular formula is C18H23N7O2. The molecule has 0 aromatic carbocycles. The van der Waals surface area contributed by atoms with E-state index in [9.17, 15) is 9.90 Å². The Balaban J connectivity index is 1.37. The Morgan fingerprint density at radius 3 is 2.93 bits per heavy atom. The maximum atomic E-state index is 12.5. The largest absolute Gasteiger partial charge is 0.380 e. The van der Waals surface area contributed by atoms with E-state index in [2.05, 4.69) is 15.3 Å². The van der Waals surface area contributed by atoms with Gasteiger partial charge in [0.25, 0.3) is 0 Å². The highest BCUT2D eigenvalue weighted by Gasteiger charge is 2.25. The first kappa shape index (κ1) is 17.5. The second-order valence-electron chi connectivity index (χ2n) is 6.75. The van der Waals surface area contributed by atoms with Gasteiger partial charge in [0.15, 0.2) is 0 Å². The summed E-state index contributed by atoms with van der Waals surface area (Å²) in [6, 6.07) is 5.53. The van der Waals surface area contributed by atoms with E-state index in [1.165, 1.54) is 0 Å². The lowest BCUT2D eigenvalue weighted by Gasteiger charge is -2.27.